The van der Waals surface area contributed by atoms with Gasteiger partial charge in [0.05, 0.1) is 12.6 Å². The minimum Gasteiger partial charge on any atom is -0.388 e. The van der Waals surface area contributed by atoms with E-state index in [0.717, 1.165) is 4.57 Å². The summed E-state index contributed by atoms with van der Waals surface area (Å²) in [5.74, 6) is 0. The number of aromatic amines is 1. The lowest BCUT2D eigenvalue weighted by Crippen LogP contribution is -2.38. The molecule has 1 aromatic heterocycles. The van der Waals surface area contributed by atoms with Crippen molar-refractivity contribution in [2.45, 2.75) is 31.5 Å². The highest BCUT2D eigenvalue weighted by atomic mass is 16.6. The van der Waals surface area contributed by atoms with Gasteiger partial charge in [-0.15, -0.1) is 0 Å². The molecule has 1 aliphatic heterocycles. The predicted octanol–water partition coefficient (Wildman–Crippen LogP) is -1.23. The summed E-state index contributed by atoms with van der Waals surface area (Å²) < 4.78 is 6.31. The monoisotopic (exact) mass is 283 g/mol. The molecule has 0 aliphatic carbocycles. The Morgan fingerprint density at radius 3 is 2.85 bits per heavy atom. The molecule has 0 bridgehead atoms. The van der Waals surface area contributed by atoms with E-state index < -0.39 is 35.8 Å². The number of H-pyrrole nitrogens is 1. The predicted molar refractivity (Wildman–Crippen MR) is 66.0 cm³/mol. The normalized spacial score (nSPS) is 29.1. The molecule has 0 amide bonds. The maximum absolute atomic E-state index is 11.7. The molecule has 1 saturated heterocycles. The van der Waals surface area contributed by atoms with Crippen molar-refractivity contribution < 1.29 is 14.9 Å². The quantitative estimate of drug-likeness (QED) is 0.360. The smallest absolute Gasteiger partial charge is 0.330 e. The summed E-state index contributed by atoms with van der Waals surface area (Å²) in [6, 6.07) is 0. The first kappa shape index (κ1) is 14.3. The molecule has 0 spiro atoms. The highest BCUT2D eigenvalue weighted by molar-refractivity contribution is 5.03. The molecule has 0 radical (unpaired) electrons. The zero-order chi connectivity index (χ0) is 14.9. The van der Waals surface area contributed by atoms with E-state index >= 15 is 0 Å². The van der Waals surface area contributed by atoms with Crippen LogP contribution >= 0.6 is 0 Å². The number of aliphatic hydroxyl groups is 2. The van der Waals surface area contributed by atoms with Gasteiger partial charge in [0, 0.05) is 16.7 Å². The van der Waals surface area contributed by atoms with Crippen LogP contribution < -0.4 is 11.2 Å². The Kier molecular flexibility index (Phi) is 3.91. The van der Waals surface area contributed by atoms with E-state index in [1.54, 1.807) is 0 Å². The third-order valence-electron chi connectivity index (χ3n) is 3.08. The van der Waals surface area contributed by atoms with Crippen LogP contribution in [0.1, 0.15) is 11.8 Å². The summed E-state index contributed by atoms with van der Waals surface area (Å²) in [6.45, 7) is 1.31. The topological polar surface area (TPSA) is 153 Å². The van der Waals surface area contributed by atoms with E-state index in [0.29, 0.717) is 0 Å². The highest BCUT2D eigenvalue weighted by Gasteiger charge is 2.43. The van der Waals surface area contributed by atoms with E-state index in [1.807, 2.05) is 0 Å². The Balaban J connectivity index is 2.34. The van der Waals surface area contributed by atoms with Gasteiger partial charge in [0.2, 0.25) is 0 Å². The molecule has 3 N–H and O–H groups in total. The molecule has 10 heteroatoms. The average molecular weight is 283 g/mol. The van der Waals surface area contributed by atoms with Gasteiger partial charge in [-0.3, -0.25) is 14.3 Å². The molecular formula is C10H13N5O5. The Morgan fingerprint density at radius 1 is 1.50 bits per heavy atom. The van der Waals surface area contributed by atoms with Crippen molar-refractivity contribution in [1.29, 1.82) is 0 Å². The van der Waals surface area contributed by atoms with Gasteiger partial charge >= 0.3 is 5.69 Å². The minimum absolute atomic E-state index is 0.178. The van der Waals surface area contributed by atoms with Gasteiger partial charge in [-0.1, -0.05) is 5.11 Å². The van der Waals surface area contributed by atoms with E-state index in [-0.39, 0.29) is 12.1 Å². The lowest BCUT2D eigenvalue weighted by Gasteiger charge is -2.17. The summed E-state index contributed by atoms with van der Waals surface area (Å²) in [6.07, 6.45) is -3.53. The number of aromatic nitrogens is 2. The standard InChI is InChI=1S/C10H13N5O5/c1-4-3-15(10(19)13-8(4)18)9-7(17)6(16)5(20-9)2-12-14-11/h3,5-7,9,16-17H,2H2,1H3,(H,13,18,19)/t5-,6?,7?,9-/m1/s1. The molecule has 4 atom stereocenters. The van der Waals surface area contributed by atoms with Crippen LogP contribution in [0.3, 0.4) is 0 Å². The van der Waals surface area contributed by atoms with Crippen molar-refractivity contribution in [2.24, 2.45) is 5.11 Å². The molecule has 0 aromatic carbocycles. The number of rotatable bonds is 3. The Labute approximate surface area is 111 Å². The van der Waals surface area contributed by atoms with E-state index in [4.69, 9.17) is 10.3 Å². The molecule has 2 heterocycles. The van der Waals surface area contributed by atoms with E-state index in [9.17, 15) is 19.8 Å². The number of hydrogen-bond acceptors (Lipinski definition) is 6. The van der Waals surface area contributed by atoms with Crippen LogP contribution in [-0.2, 0) is 4.74 Å². The molecule has 20 heavy (non-hydrogen) atoms. The van der Waals surface area contributed by atoms with Crippen molar-refractivity contribution in [1.82, 2.24) is 9.55 Å². The van der Waals surface area contributed by atoms with E-state index in [1.165, 1.54) is 13.1 Å². The van der Waals surface area contributed by atoms with Crippen molar-refractivity contribution in [3.8, 4) is 0 Å². The summed E-state index contributed by atoms with van der Waals surface area (Å²) in [5, 5.41) is 22.9. The fraction of sp³-hybridized carbons (Fsp3) is 0.600. The summed E-state index contributed by atoms with van der Waals surface area (Å²) >= 11 is 0. The third kappa shape index (κ3) is 2.45. The molecule has 108 valence electrons. The van der Waals surface area contributed by atoms with Gasteiger partial charge in [-0.05, 0) is 12.5 Å². The van der Waals surface area contributed by atoms with Crippen LogP contribution in [-0.4, -0.2) is 44.6 Å². The van der Waals surface area contributed by atoms with Gasteiger partial charge in [-0.25, -0.2) is 4.79 Å². The number of hydrogen-bond donors (Lipinski definition) is 3. The fourth-order valence-electron chi connectivity index (χ4n) is 2.00. The molecular weight excluding hydrogens is 270 g/mol. The fourth-order valence-corrected chi connectivity index (χ4v) is 2.00. The van der Waals surface area contributed by atoms with Gasteiger partial charge in [-0.2, -0.15) is 0 Å². The van der Waals surface area contributed by atoms with Crippen LogP contribution in [0.25, 0.3) is 10.4 Å². The van der Waals surface area contributed by atoms with Crippen molar-refractivity contribution in [3.63, 3.8) is 0 Å². The first-order chi connectivity index (χ1) is 9.45. The summed E-state index contributed by atoms with van der Waals surface area (Å²) in [5.41, 5.74) is 7.19. The SMILES string of the molecule is Cc1cn([C@@H]2O[C@H](CN=[N+]=[N-])C(O)C2O)c(=O)[nH]c1=O. The lowest BCUT2D eigenvalue weighted by molar-refractivity contribution is -0.0373. The second-order valence-electron chi connectivity index (χ2n) is 4.44. The maximum atomic E-state index is 11.7. The van der Waals surface area contributed by atoms with Crippen LogP contribution in [0.15, 0.2) is 20.9 Å². The largest absolute Gasteiger partial charge is 0.388 e. The van der Waals surface area contributed by atoms with Gasteiger partial charge < -0.3 is 14.9 Å². The average Bonchev–Trinajstić information content (AvgIpc) is 2.68. The van der Waals surface area contributed by atoms with Gasteiger partial charge in [0.1, 0.15) is 12.2 Å². The van der Waals surface area contributed by atoms with Crippen LogP contribution in [0, 0.1) is 6.92 Å². The first-order valence-corrected chi connectivity index (χ1v) is 5.80. The molecule has 0 saturated carbocycles. The molecule has 1 aromatic rings. The third-order valence-corrected chi connectivity index (χ3v) is 3.08. The summed E-state index contributed by atoms with van der Waals surface area (Å²) in [7, 11) is 0. The van der Waals surface area contributed by atoms with Crippen LogP contribution in [0.4, 0.5) is 0 Å². The number of azide groups is 1. The van der Waals surface area contributed by atoms with E-state index in [2.05, 4.69) is 15.0 Å². The lowest BCUT2D eigenvalue weighted by atomic mass is 10.1. The molecule has 1 fully saturated rings. The molecule has 10 nitrogen and oxygen atoms in total. The Morgan fingerprint density at radius 2 is 2.20 bits per heavy atom. The molecule has 2 unspecified atom stereocenters. The maximum Gasteiger partial charge on any atom is 0.330 e. The van der Waals surface area contributed by atoms with Gasteiger partial charge in [0.15, 0.2) is 6.23 Å². The van der Waals surface area contributed by atoms with Crippen molar-refractivity contribution in [3.05, 3.63) is 43.0 Å². The van der Waals surface area contributed by atoms with Crippen LogP contribution in [0.5, 0.6) is 0 Å². The molecule has 2 rings (SSSR count). The second-order valence-corrected chi connectivity index (χ2v) is 4.44. The Hall–Kier alpha value is -2.13. The Bertz CT molecular complexity index is 661. The number of ether oxygens (including phenoxy) is 1. The number of aryl methyl sites for hydroxylation is 1. The highest BCUT2D eigenvalue weighted by Crippen LogP contribution is 2.28. The first-order valence-electron chi connectivity index (χ1n) is 5.80. The van der Waals surface area contributed by atoms with Crippen molar-refractivity contribution >= 4 is 0 Å². The minimum atomic E-state index is -1.38. The zero-order valence-electron chi connectivity index (χ0n) is 10.5. The van der Waals surface area contributed by atoms with Gasteiger partial charge in [0.25, 0.3) is 5.56 Å². The second kappa shape index (κ2) is 5.47. The van der Waals surface area contributed by atoms with Crippen LogP contribution in [0.2, 0.25) is 0 Å². The number of aliphatic hydroxyl groups excluding tert-OH is 2. The zero-order valence-corrected chi connectivity index (χ0v) is 10.5. The molecule has 1 aliphatic rings. The van der Waals surface area contributed by atoms with Crippen molar-refractivity contribution in [2.75, 3.05) is 6.54 Å². The summed E-state index contributed by atoms with van der Waals surface area (Å²) in [4.78, 5) is 27.6. The number of nitrogens with zero attached hydrogens (tertiary/aromatic N) is 4. The number of nitrogens with one attached hydrogen (secondary N) is 1.